The van der Waals surface area contributed by atoms with Crippen molar-refractivity contribution < 1.29 is 4.79 Å². The van der Waals surface area contributed by atoms with Gasteiger partial charge in [0.2, 0.25) is 5.91 Å². The van der Waals surface area contributed by atoms with E-state index >= 15 is 0 Å². The van der Waals surface area contributed by atoms with Crippen molar-refractivity contribution in [1.29, 1.82) is 5.26 Å². The van der Waals surface area contributed by atoms with Crippen molar-refractivity contribution >= 4 is 34.5 Å². The zero-order valence-electron chi connectivity index (χ0n) is 22.7. The number of carbonyl (C=O) groups excluding carboxylic acids is 1. The summed E-state index contributed by atoms with van der Waals surface area (Å²) in [5, 5.41) is 9.05. The molecule has 39 heavy (non-hydrogen) atoms. The maximum Gasteiger partial charge on any atom is 0.227 e. The molecule has 0 radical (unpaired) electrons. The van der Waals surface area contributed by atoms with E-state index in [9.17, 15) is 4.79 Å². The molecule has 3 fully saturated rings. The van der Waals surface area contributed by atoms with E-state index in [2.05, 4.69) is 59.6 Å². The number of hydrogen-bond donors (Lipinski definition) is 0. The van der Waals surface area contributed by atoms with Gasteiger partial charge >= 0.3 is 0 Å². The van der Waals surface area contributed by atoms with Crippen molar-refractivity contribution in [1.82, 2.24) is 23.5 Å². The third-order valence-corrected chi connectivity index (χ3v) is 9.57. The third kappa shape index (κ3) is 5.78. The third-order valence-electron chi connectivity index (χ3n) is 9.01. The Balaban J connectivity index is 1.08. The van der Waals surface area contributed by atoms with E-state index in [1.807, 2.05) is 12.1 Å². The highest BCUT2D eigenvalue weighted by Crippen LogP contribution is 2.40. The van der Waals surface area contributed by atoms with Gasteiger partial charge in [-0.1, -0.05) is 25.8 Å². The number of hydrogen-bond acceptors (Lipinski definition) is 8. The van der Waals surface area contributed by atoms with Gasteiger partial charge in [-0.05, 0) is 66.8 Å². The van der Waals surface area contributed by atoms with Crippen molar-refractivity contribution in [3.8, 4) is 6.07 Å². The van der Waals surface area contributed by atoms with Gasteiger partial charge in [-0.15, -0.1) is 0 Å². The SMILES string of the molecule is C[C@@H](Cc1ccc2nsnc2c1)CN1C[C@H]2CCCC[C@@H]2[C@H](C(=O)N2CCN(c3ccc(C#N)cn3)CC2)C1. The molecule has 1 saturated carbocycles. The summed E-state index contributed by atoms with van der Waals surface area (Å²) in [6.07, 6.45) is 7.65. The zero-order valence-corrected chi connectivity index (χ0v) is 23.5. The standard InChI is InChI=1S/C30H37N7OS/c1-21(14-22-6-8-27-28(15-22)34-39-33-27)18-35-19-24-4-2-3-5-25(24)26(20-35)30(38)37-12-10-36(11-13-37)29-9-7-23(16-31)17-32-29/h6-9,15,17,21,24-26H,2-5,10-14,18-20H2,1H3/t21-,24+,25-,26+/m0/s1. The van der Waals surface area contributed by atoms with Crippen molar-refractivity contribution in [2.45, 2.75) is 39.0 Å². The first-order valence-corrected chi connectivity index (χ1v) is 15.1. The van der Waals surface area contributed by atoms with Crippen LogP contribution in [0.4, 0.5) is 5.82 Å². The van der Waals surface area contributed by atoms with E-state index in [1.165, 1.54) is 43.0 Å². The zero-order chi connectivity index (χ0) is 26.8. The second kappa shape index (κ2) is 11.6. The van der Waals surface area contributed by atoms with Crippen LogP contribution in [0.15, 0.2) is 36.5 Å². The number of nitrogens with zero attached hydrogens (tertiary/aromatic N) is 7. The first-order chi connectivity index (χ1) is 19.1. The summed E-state index contributed by atoms with van der Waals surface area (Å²) in [6.45, 7) is 8.42. The predicted octanol–water partition coefficient (Wildman–Crippen LogP) is 4.22. The second-order valence-electron chi connectivity index (χ2n) is 11.8. The number of piperazine rings is 1. The molecule has 2 aliphatic heterocycles. The molecule has 0 N–H and O–H groups in total. The maximum absolute atomic E-state index is 14.0. The van der Waals surface area contributed by atoms with E-state index in [0.717, 1.165) is 69.1 Å². The van der Waals surface area contributed by atoms with Gasteiger partial charge in [0.1, 0.15) is 22.9 Å². The molecular weight excluding hydrogens is 506 g/mol. The number of fused-ring (bicyclic) bond motifs is 2. The Kier molecular flexibility index (Phi) is 7.76. The lowest BCUT2D eigenvalue weighted by Crippen LogP contribution is -2.57. The van der Waals surface area contributed by atoms with E-state index in [1.54, 1.807) is 6.20 Å². The molecule has 0 spiro atoms. The van der Waals surface area contributed by atoms with Gasteiger partial charge < -0.3 is 14.7 Å². The number of anilines is 1. The molecule has 8 nitrogen and oxygen atoms in total. The number of pyridine rings is 1. The van der Waals surface area contributed by atoms with Crippen LogP contribution in [0.25, 0.3) is 11.0 Å². The molecule has 204 valence electrons. The first-order valence-electron chi connectivity index (χ1n) is 14.4. The summed E-state index contributed by atoms with van der Waals surface area (Å²) in [7, 11) is 0. The Morgan fingerprint density at radius 1 is 1.08 bits per heavy atom. The predicted molar refractivity (Wildman–Crippen MR) is 153 cm³/mol. The van der Waals surface area contributed by atoms with Gasteiger partial charge in [0, 0.05) is 52.0 Å². The van der Waals surface area contributed by atoms with Gasteiger partial charge in [0.05, 0.1) is 23.2 Å². The quantitative estimate of drug-likeness (QED) is 0.460. The van der Waals surface area contributed by atoms with Crippen LogP contribution in [0, 0.1) is 35.0 Å². The van der Waals surface area contributed by atoms with Crippen LogP contribution in [0.1, 0.15) is 43.7 Å². The highest BCUT2D eigenvalue weighted by molar-refractivity contribution is 7.00. The van der Waals surface area contributed by atoms with Crippen LogP contribution in [0.3, 0.4) is 0 Å². The van der Waals surface area contributed by atoms with Gasteiger partial charge in [0.15, 0.2) is 0 Å². The lowest BCUT2D eigenvalue weighted by molar-refractivity contribution is -0.142. The van der Waals surface area contributed by atoms with Crippen molar-refractivity contribution in [2.24, 2.45) is 23.7 Å². The molecule has 9 heteroatoms. The molecule has 4 heterocycles. The van der Waals surface area contributed by atoms with E-state index in [-0.39, 0.29) is 5.92 Å². The average Bonchev–Trinajstić information content (AvgIpc) is 3.44. The first kappa shape index (κ1) is 26.1. The minimum Gasteiger partial charge on any atom is -0.353 e. The second-order valence-corrected chi connectivity index (χ2v) is 12.3. The normalized spacial score (nSPS) is 24.8. The van der Waals surface area contributed by atoms with E-state index in [0.29, 0.717) is 29.2 Å². The fraction of sp³-hybridized carbons (Fsp3) is 0.567. The molecule has 3 aromatic rings. The number of carbonyl (C=O) groups is 1. The number of rotatable bonds is 6. The Hall–Kier alpha value is -3.09. The van der Waals surface area contributed by atoms with Gasteiger partial charge in [-0.25, -0.2) is 4.98 Å². The molecule has 1 aromatic carbocycles. The summed E-state index contributed by atoms with van der Waals surface area (Å²) < 4.78 is 8.74. The van der Waals surface area contributed by atoms with Crippen LogP contribution in [-0.4, -0.2) is 75.3 Å². The van der Waals surface area contributed by atoms with E-state index < -0.39 is 0 Å². The minimum absolute atomic E-state index is 0.105. The topological polar surface area (TPSA) is 89.3 Å². The fourth-order valence-electron chi connectivity index (χ4n) is 7.11. The van der Waals surface area contributed by atoms with Gasteiger partial charge in [-0.2, -0.15) is 14.0 Å². The average molecular weight is 544 g/mol. The Morgan fingerprint density at radius 2 is 1.90 bits per heavy atom. The molecule has 0 unspecified atom stereocenters. The number of piperidine rings is 1. The fourth-order valence-corrected chi connectivity index (χ4v) is 7.63. The monoisotopic (exact) mass is 543 g/mol. The van der Waals surface area contributed by atoms with Crippen LogP contribution >= 0.6 is 11.7 Å². The highest BCUT2D eigenvalue weighted by atomic mass is 32.1. The molecule has 2 aromatic heterocycles. The number of amides is 1. The Bertz CT molecular complexity index is 1330. The van der Waals surface area contributed by atoms with E-state index in [4.69, 9.17) is 5.26 Å². The summed E-state index contributed by atoms with van der Waals surface area (Å²) in [6, 6.07) is 12.3. The smallest absolute Gasteiger partial charge is 0.227 e. The largest absolute Gasteiger partial charge is 0.353 e. The maximum atomic E-state index is 14.0. The van der Waals surface area contributed by atoms with Crippen LogP contribution < -0.4 is 4.90 Å². The Labute approximate surface area is 235 Å². The molecule has 1 amide bonds. The summed E-state index contributed by atoms with van der Waals surface area (Å²) in [5.41, 5.74) is 3.86. The molecule has 1 aliphatic carbocycles. The van der Waals surface area contributed by atoms with Crippen LogP contribution in [0.2, 0.25) is 0 Å². The molecule has 0 bridgehead atoms. The molecule has 4 atom stereocenters. The molecule has 2 saturated heterocycles. The van der Waals surface area contributed by atoms with Crippen LogP contribution in [-0.2, 0) is 11.2 Å². The van der Waals surface area contributed by atoms with Crippen molar-refractivity contribution in [3.05, 3.63) is 47.7 Å². The van der Waals surface area contributed by atoms with Crippen molar-refractivity contribution in [2.75, 3.05) is 50.7 Å². The van der Waals surface area contributed by atoms with Gasteiger partial charge in [-0.3, -0.25) is 4.79 Å². The lowest BCUT2D eigenvalue weighted by atomic mass is 9.69. The van der Waals surface area contributed by atoms with Crippen molar-refractivity contribution in [3.63, 3.8) is 0 Å². The molecule has 3 aliphatic rings. The minimum atomic E-state index is 0.105. The number of benzene rings is 1. The number of likely N-dealkylation sites (tertiary alicyclic amines) is 1. The summed E-state index contributed by atoms with van der Waals surface area (Å²) in [4.78, 5) is 25.4. The Morgan fingerprint density at radius 3 is 2.69 bits per heavy atom. The van der Waals surface area contributed by atoms with Gasteiger partial charge in [0.25, 0.3) is 0 Å². The lowest BCUT2D eigenvalue weighted by Gasteiger charge is -2.48. The summed E-state index contributed by atoms with van der Waals surface area (Å²) >= 11 is 1.27. The molecular formula is C30H37N7OS. The number of nitriles is 1. The highest BCUT2D eigenvalue weighted by Gasteiger charge is 2.43. The van der Waals surface area contributed by atoms with Crippen LogP contribution in [0.5, 0.6) is 0 Å². The number of aromatic nitrogens is 3. The summed E-state index contributed by atoms with van der Waals surface area (Å²) in [5.74, 6) is 3.02. The molecule has 6 rings (SSSR count).